The molecular formula is C61H51N3. The van der Waals surface area contributed by atoms with E-state index in [1.54, 1.807) is 0 Å². The minimum atomic E-state index is -0.328. The molecule has 0 aromatic heterocycles. The molecule has 3 aliphatic rings. The maximum atomic E-state index is 2.68. The molecule has 3 heterocycles. The van der Waals surface area contributed by atoms with Crippen LogP contribution in [0, 0.1) is 0 Å². The van der Waals surface area contributed by atoms with Gasteiger partial charge in [0.25, 0.3) is 0 Å². The van der Waals surface area contributed by atoms with Crippen molar-refractivity contribution in [3.63, 3.8) is 0 Å². The highest BCUT2D eigenvalue weighted by atomic mass is 15.2. The number of nitrogens with zero attached hydrogens (tertiary/aromatic N) is 3. The Morgan fingerprint density at radius 1 is 0.281 bits per heavy atom. The molecule has 0 N–H and O–H groups in total. The number of fused-ring (bicyclic) bond motifs is 1. The molecule has 310 valence electrons. The van der Waals surface area contributed by atoms with E-state index in [2.05, 4.69) is 256 Å². The predicted octanol–water partition coefficient (Wildman–Crippen LogP) is 16.8. The van der Waals surface area contributed by atoms with Crippen molar-refractivity contribution >= 4 is 62.0 Å². The van der Waals surface area contributed by atoms with E-state index in [9.17, 15) is 0 Å². The molecule has 0 spiro atoms. The summed E-state index contributed by atoms with van der Waals surface area (Å²) >= 11 is 0. The molecule has 12 rings (SSSR count). The smallest absolute Gasteiger partial charge is 0.0545 e. The molecule has 64 heavy (non-hydrogen) atoms. The normalized spacial score (nSPS) is 15.4. The molecule has 9 aromatic rings. The Balaban J connectivity index is 1.05. The largest absolute Gasteiger partial charge is 0.310 e. The zero-order valence-corrected chi connectivity index (χ0v) is 37.4. The second-order valence-electron chi connectivity index (χ2n) is 19.5. The standard InChI is InChI=1S/C61H51N3/c1-59(2)50-27-18-28-51-56(50)64-57-52(59)36-43(41-29-32-47(33-30-41)62(44-21-10-7-11-22-44)48-34-31-40-19-16-17-20-42(40)35-48)37-53(57)61(5,6)55-39-49(38-54(58(55)64)60(51,3)4)63(45-23-12-8-13-24-45)46-25-14-9-15-26-46/h7-39H,1-6H3. The van der Waals surface area contributed by atoms with Crippen molar-refractivity contribution in [2.75, 3.05) is 14.7 Å². The van der Waals surface area contributed by atoms with E-state index in [1.807, 2.05) is 0 Å². The van der Waals surface area contributed by atoms with E-state index in [4.69, 9.17) is 0 Å². The summed E-state index contributed by atoms with van der Waals surface area (Å²) in [6, 6.07) is 74.1. The summed E-state index contributed by atoms with van der Waals surface area (Å²) in [5, 5.41) is 2.47. The van der Waals surface area contributed by atoms with Gasteiger partial charge in [0.1, 0.15) is 0 Å². The average molecular weight is 826 g/mol. The van der Waals surface area contributed by atoms with Crippen LogP contribution in [-0.4, -0.2) is 0 Å². The summed E-state index contributed by atoms with van der Waals surface area (Å²) in [4.78, 5) is 7.48. The number of hydrogen-bond donors (Lipinski definition) is 0. The first kappa shape index (κ1) is 38.3. The Kier molecular flexibility index (Phi) is 8.28. The zero-order chi connectivity index (χ0) is 43.5. The van der Waals surface area contributed by atoms with E-state index in [-0.39, 0.29) is 16.2 Å². The van der Waals surface area contributed by atoms with Crippen LogP contribution < -0.4 is 14.7 Å². The van der Waals surface area contributed by atoms with Gasteiger partial charge in [0, 0.05) is 50.4 Å². The zero-order valence-electron chi connectivity index (χ0n) is 37.4. The topological polar surface area (TPSA) is 9.72 Å². The van der Waals surface area contributed by atoms with E-state index < -0.39 is 0 Å². The van der Waals surface area contributed by atoms with E-state index in [0.29, 0.717) is 0 Å². The van der Waals surface area contributed by atoms with Crippen LogP contribution in [0.4, 0.5) is 51.2 Å². The Bertz CT molecular complexity index is 3250. The lowest BCUT2D eigenvalue weighted by molar-refractivity contribution is 0.567. The van der Waals surface area contributed by atoms with Gasteiger partial charge in [0.05, 0.1) is 17.1 Å². The Morgan fingerprint density at radius 2 is 0.672 bits per heavy atom. The van der Waals surface area contributed by atoms with Crippen molar-refractivity contribution in [3.05, 3.63) is 234 Å². The first-order valence-electron chi connectivity index (χ1n) is 22.7. The summed E-state index contributed by atoms with van der Waals surface area (Å²) in [6.45, 7) is 14.7. The number of benzene rings is 9. The van der Waals surface area contributed by atoms with Crippen LogP contribution in [0.1, 0.15) is 74.9 Å². The molecule has 0 saturated carbocycles. The van der Waals surface area contributed by atoms with E-state index in [1.165, 1.54) is 78.0 Å². The van der Waals surface area contributed by atoms with Gasteiger partial charge in [-0.15, -0.1) is 0 Å². The van der Waals surface area contributed by atoms with Crippen molar-refractivity contribution < 1.29 is 0 Å². The van der Waals surface area contributed by atoms with Gasteiger partial charge in [-0.3, -0.25) is 0 Å². The molecule has 0 radical (unpaired) electrons. The second kappa shape index (κ2) is 13.8. The molecule has 0 bridgehead atoms. The fourth-order valence-electron chi connectivity index (χ4n) is 11.2. The number of para-hydroxylation sites is 4. The van der Waals surface area contributed by atoms with Crippen molar-refractivity contribution in [2.45, 2.75) is 57.8 Å². The van der Waals surface area contributed by atoms with Crippen LogP contribution in [-0.2, 0) is 16.2 Å². The number of hydrogen-bond acceptors (Lipinski definition) is 3. The predicted molar refractivity (Wildman–Crippen MR) is 270 cm³/mol. The third-order valence-electron chi connectivity index (χ3n) is 14.7. The van der Waals surface area contributed by atoms with Gasteiger partial charge >= 0.3 is 0 Å². The quantitative estimate of drug-likeness (QED) is 0.158. The minimum absolute atomic E-state index is 0.236. The van der Waals surface area contributed by atoms with Crippen LogP contribution in [0.5, 0.6) is 0 Å². The Hall–Kier alpha value is -7.36. The minimum Gasteiger partial charge on any atom is -0.310 e. The lowest BCUT2D eigenvalue weighted by Gasteiger charge is -2.55. The van der Waals surface area contributed by atoms with Crippen molar-refractivity contribution in [2.24, 2.45) is 0 Å². The third-order valence-corrected chi connectivity index (χ3v) is 14.7. The van der Waals surface area contributed by atoms with Crippen molar-refractivity contribution in [1.82, 2.24) is 0 Å². The van der Waals surface area contributed by atoms with Gasteiger partial charge in [0.2, 0.25) is 0 Å². The van der Waals surface area contributed by atoms with Gasteiger partial charge in [-0.05, 0) is 140 Å². The molecule has 0 amide bonds. The highest BCUT2D eigenvalue weighted by Crippen LogP contribution is 2.67. The number of anilines is 9. The van der Waals surface area contributed by atoms with Crippen LogP contribution in [0.3, 0.4) is 0 Å². The molecule has 3 aliphatic heterocycles. The molecule has 9 aromatic carbocycles. The van der Waals surface area contributed by atoms with Gasteiger partial charge in [-0.25, -0.2) is 0 Å². The highest BCUT2D eigenvalue weighted by molar-refractivity contribution is 6.00. The molecule has 0 atom stereocenters. The number of rotatable bonds is 7. The summed E-state index contributed by atoms with van der Waals surface area (Å²) in [5.74, 6) is 0. The summed E-state index contributed by atoms with van der Waals surface area (Å²) in [7, 11) is 0. The first-order chi connectivity index (χ1) is 31.0. The van der Waals surface area contributed by atoms with E-state index >= 15 is 0 Å². The molecule has 0 fully saturated rings. The highest BCUT2D eigenvalue weighted by Gasteiger charge is 2.52. The van der Waals surface area contributed by atoms with Crippen LogP contribution in [0.2, 0.25) is 0 Å². The molecular weight excluding hydrogens is 775 g/mol. The van der Waals surface area contributed by atoms with Crippen LogP contribution >= 0.6 is 0 Å². The van der Waals surface area contributed by atoms with Crippen molar-refractivity contribution in [3.8, 4) is 11.1 Å². The molecule has 3 heteroatoms. The first-order valence-corrected chi connectivity index (χ1v) is 22.7. The lowest BCUT2D eigenvalue weighted by atomic mass is 9.60. The third kappa shape index (κ3) is 5.53. The lowest BCUT2D eigenvalue weighted by Crippen LogP contribution is -2.43. The van der Waals surface area contributed by atoms with Gasteiger partial charge in [0.15, 0.2) is 0 Å². The average Bonchev–Trinajstić information content (AvgIpc) is 3.32. The Morgan fingerprint density at radius 3 is 1.19 bits per heavy atom. The monoisotopic (exact) mass is 825 g/mol. The summed E-state index contributed by atoms with van der Waals surface area (Å²) in [5.41, 5.74) is 20.8. The fraction of sp³-hybridized carbons (Fsp3) is 0.148. The Labute approximate surface area is 377 Å². The van der Waals surface area contributed by atoms with Crippen molar-refractivity contribution in [1.29, 1.82) is 0 Å². The van der Waals surface area contributed by atoms with Crippen LogP contribution in [0.15, 0.2) is 200 Å². The van der Waals surface area contributed by atoms with E-state index in [0.717, 1.165) is 28.4 Å². The fourth-order valence-corrected chi connectivity index (χ4v) is 11.2. The maximum absolute atomic E-state index is 2.68. The summed E-state index contributed by atoms with van der Waals surface area (Å²) < 4.78 is 0. The van der Waals surface area contributed by atoms with Crippen LogP contribution in [0.25, 0.3) is 21.9 Å². The molecule has 0 unspecified atom stereocenters. The maximum Gasteiger partial charge on any atom is 0.0545 e. The molecule has 0 aliphatic carbocycles. The molecule has 0 saturated heterocycles. The van der Waals surface area contributed by atoms with Gasteiger partial charge < -0.3 is 14.7 Å². The summed E-state index contributed by atoms with van der Waals surface area (Å²) in [6.07, 6.45) is 0. The SMILES string of the molecule is CC1(C)c2cccc3c2N2c4c1cc(-c1ccc(N(c5ccccc5)c5ccc6ccccc6c5)cc1)cc4C(C)(C)c1cc(N(c4ccccc4)c4ccccc4)cc(c12)C3(C)C. The second-order valence-corrected chi connectivity index (χ2v) is 19.5. The van der Waals surface area contributed by atoms with Gasteiger partial charge in [-0.2, -0.15) is 0 Å². The molecule has 3 nitrogen and oxygen atoms in total. The van der Waals surface area contributed by atoms with Gasteiger partial charge in [-0.1, -0.05) is 157 Å².